The fourth-order valence-corrected chi connectivity index (χ4v) is 1.96. The van der Waals surface area contributed by atoms with E-state index in [2.05, 4.69) is 29.2 Å². The van der Waals surface area contributed by atoms with Gasteiger partial charge in [-0.3, -0.25) is 5.43 Å². The molecular formula is C11H25N3. The second kappa shape index (κ2) is 7.21. The van der Waals surface area contributed by atoms with Crippen molar-refractivity contribution in [1.82, 2.24) is 15.3 Å². The van der Waals surface area contributed by atoms with E-state index in [1.165, 1.54) is 38.9 Å². The first-order valence-electron chi connectivity index (χ1n) is 6.07. The molecule has 0 radical (unpaired) electrons. The van der Waals surface area contributed by atoms with Crippen molar-refractivity contribution in [3.8, 4) is 0 Å². The van der Waals surface area contributed by atoms with E-state index in [1.807, 2.05) is 0 Å². The molecule has 0 aliphatic carbocycles. The highest BCUT2D eigenvalue weighted by molar-refractivity contribution is 4.61. The zero-order valence-electron chi connectivity index (χ0n) is 9.76. The Morgan fingerprint density at radius 2 is 1.71 bits per heavy atom. The molecule has 3 nitrogen and oxygen atoms in total. The third kappa shape index (κ3) is 4.40. The molecule has 0 saturated carbocycles. The largest absolute Gasteiger partial charge is 0.303 e. The molecule has 0 aromatic rings. The summed E-state index contributed by atoms with van der Waals surface area (Å²) in [7, 11) is 0. The van der Waals surface area contributed by atoms with Crippen LogP contribution in [0.25, 0.3) is 0 Å². The lowest BCUT2D eigenvalue weighted by Crippen LogP contribution is -2.45. The molecule has 1 saturated heterocycles. The summed E-state index contributed by atoms with van der Waals surface area (Å²) in [6.07, 6.45) is 4.13. The van der Waals surface area contributed by atoms with Crippen LogP contribution in [0.5, 0.6) is 0 Å². The van der Waals surface area contributed by atoms with E-state index in [0.717, 1.165) is 19.6 Å². The minimum absolute atomic E-state index is 1.10. The van der Waals surface area contributed by atoms with Crippen molar-refractivity contribution in [3.63, 3.8) is 0 Å². The summed E-state index contributed by atoms with van der Waals surface area (Å²) < 4.78 is 0. The molecule has 1 N–H and O–H groups in total. The fraction of sp³-hybridized carbons (Fsp3) is 1.00. The Labute approximate surface area is 88.4 Å². The Balaban J connectivity index is 2.01. The molecule has 1 rings (SSSR count). The molecule has 0 bridgehead atoms. The van der Waals surface area contributed by atoms with Gasteiger partial charge in [0.15, 0.2) is 0 Å². The first-order chi connectivity index (χ1) is 6.86. The summed E-state index contributed by atoms with van der Waals surface area (Å²) in [5.74, 6) is 0. The summed E-state index contributed by atoms with van der Waals surface area (Å²) in [4.78, 5) is 2.46. The molecule has 1 aliphatic rings. The summed E-state index contributed by atoms with van der Waals surface area (Å²) in [5.41, 5.74) is 3.51. The zero-order chi connectivity index (χ0) is 10.2. The van der Waals surface area contributed by atoms with Crippen molar-refractivity contribution in [2.24, 2.45) is 0 Å². The Bertz CT molecular complexity index is 128. The van der Waals surface area contributed by atoms with E-state index < -0.39 is 0 Å². The average Bonchev–Trinajstić information content (AvgIpc) is 2.26. The number of hydrogen-bond donors (Lipinski definition) is 1. The van der Waals surface area contributed by atoms with Crippen LogP contribution < -0.4 is 5.43 Å². The number of nitrogens with one attached hydrogen (secondary N) is 1. The lowest BCUT2D eigenvalue weighted by Gasteiger charge is -2.28. The highest BCUT2D eigenvalue weighted by atomic mass is 15.5. The van der Waals surface area contributed by atoms with Gasteiger partial charge in [-0.1, -0.05) is 20.3 Å². The van der Waals surface area contributed by atoms with Gasteiger partial charge in [-0.05, 0) is 25.9 Å². The maximum atomic E-state index is 3.51. The number of rotatable bonds is 6. The summed E-state index contributed by atoms with van der Waals surface area (Å²) in [6, 6.07) is 0. The maximum Gasteiger partial charge on any atom is 0.0230 e. The van der Waals surface area contributed by atoms with Crippen molar-refractivity contribution in [2.45, 2.75) is 33.1 Å². The molecule has 1 aliphatic heterocycles. The van der Waals surface area contributed by atoms with Gasteiger partial charge in [0, 0.05) is 26.2 Å². The smallest absolute Gasteiger partial charge is 0.0230 e. The molecule has 0 unspecified atom stereocenters. The van der Waals surface area contributed by atoms with Crippen LogP contribution >= 0.6 is 0 Å². The molecule has 0 spiro atoms. The molecule has 84 valence electrons. The molecule has 14 heavy (non-hydrogen) atoms. The highest BCUT2D eigenvalue weighted by Gasteiger charge is 2.08. The van der Waals surface area contributed by atoms with Crippen LogP contribution in [0, 0.1) is 0 Å². The molecule has 1 heterocycles. The number of hydrazine groups is 1. The van der Waals surface area contributed by atoms with E-state index in [4.69, 9.17) is 0 Å². The molecule has 0 amide bonds. The molecule has 0 atom stereocenters. The third-order valence-corrected chi connectivity index (χ3v) is 3.01. The quantitative estimate of drug-likeness (QED) is 0.696. The van der Waals surface area contributed by atoms with E-state index in [1.54, 1.807) is 0 Å². The van der Waals surface area contributed by atoms with Crippen LogP contribution in [-0.4, -0.2) is 49.2 Å². The van der Waals surface area contributed by atoms with Crippen molar-refractivity contribution >= 4 is 0 Å². The van der Waals surface area contributed by atoms with E-state index in [0.29, 0.717) is 0 Å². The Hall–Kier alpha value is -0.120. The number of likely N-dealkylation sites (N-methyl/N-ethyl adjacent to an activating group) is 1. The van der Waals surface area contributed by atoms with Gasteiger partial charge in [-0.15, -0.1) is 0 Å². The number of hydrogen-bond acceptors (Lipinski definition) is 3. The van der Waals surface area contributed by atoms with Gasteiger partial charge in [-0.2, -0.15) is 0 Å². The van der Waals surface area contributed by atoms with Gasteiger partial charge < -0.3 is 4.90 Å². The highest BCUT2D eigenvalue weighted by Crippen LogP contribution is 2.05. The topological polar surface area (TPSA) is 18.5 Å². The third-order valence-electron chi connectivity index (χ3n) is 3.01. The van der Waals surface area contributed by atoms with E-state index >= 15 is 0 Å². The van der Waals surface area contributed by atoms with Crippen molar-refractivity contribution < 1.29 is 0 Å². The van der Waals surface area contributed by atoms with Crippen molar-refractivity contribution in [3.05, 3.63) is 0 Å². The molecule has 0 aromatic heterocycles. The molecule has 3 heteroatoms. The van der Waals surface area contributed by atoms with Gasteiger partial charge in [0.2, 0.25) is 0 Å². The van der Waals surface area contributed by atoms with Crippen molar-refractivity contribution in [1.29, 1.82) is 0 Å². The molecule has 1 fully saturated rings. The van der Waals surface area contributed by atoms with Gasteiger partial charge in [0.1, 0.15) is 0 Å². The normalized spacial score (nSPS) is 19.1. The predicted molar refractivity (Wildman–Crippen MR) is 61.2 cm³/mol. The average molecular weight is 199 g/mol. The number of piperidine rings is 1. The summed E-state index contributed by atoms with van der Waals surface area (Å²) >= 11 is 0. The maximum absolute atomic E-state index is 3.51. The van der Waals surface area contributed by atoms with Crippen molar-refractivity contribution in [2.75, 3.05) is 39.3 Å². The lowest BCUT2D eigenvalue weighted by molar-refractivity contribution is 0.144. The monoisotopic (exact) mass is 199 g/mol. The SMILES string of the molecule is CCN(CC)CCNN1CCCCC1. The fourth-order valence-electron chi connectivity index (χ4n) is 1.96. The second-order valence-electron chi connectivity index (χ2n) is 3.98. The minimum Gasteiger partial charge on any atom is -0.303 e. The van der Waals surface area contributed by atoms with Crippen LogP contribution in [-0.2, 0) is 0 Å². The Kier molecular flexibility index (Phi) is 6.15. The van der Waals surface area contributed by atoms with Gasteiger partial charge >= 0.3 is 0 Å². The van der Waals surface area contributed by atoms with E-state index in [9.17, 15) is 0 Å². The standard InChI is InChI=1S/C11H25N3/c1-3-13(4-2)11-8-12-14-9-6-5-7-10-14/h12H,3-11H2,1-2H3. The number of nitrogens with zero attached hydrogens (tertiary/aromatic N) is 2. The predicted octanol–water partition coefficient (Wildman–Crippen LogP) is 1.32. The first kappa shape index (κ1) is 12.0. The summed E-state index contributed by atoms with van der Waals surface area (Å²) in [6.45, 7) is 11.5. The molecule has 0 aromatic carbocycles. The van der Waals surface area contributed by atoms with Gasteiger partial charge in [-0.25, -0.2) is 5.01 Å². The minimum atomic E-state index is 1.10. The lowest BCUT2D eigenvalue weighted by atomic mass is 10.2. The van der Waals surface area contributed by atoms with Crippen LogP contribution in [0.3, 0.4) is 0 Å². The Morgan fingerprint density at radius 3 is 2.29 bits per heavy atom. The van der Waals surface area contributed by atoms with E-state index in [-0.39, 0.29) is 0 Å². The molecular weight excluding hydrogens is 174 g/mol. The van der Waals surface area contributed by atoms with Crippen LogP contribution in [0.2, 0.25) is 0 Å². The van der Waals surface area contributed by atoms with Crippen LogP contribution in [0.4, 0.5) is 0 Å². The first-order valence-corrected chi connectivity index (χ1v) is 6.07. The second-order valence-corrected chi connectivity index (χ2v) is 3.98. The van der Waals surface area contributed by atoms with Gasteiger partial charge in [0.05, 0.1) is 0 Å². The van der Waals surface area contributed by atoms with Gasteiger partial charge in [0.25, 0.3) is 0 Å². The zero-order valence-corrected chi connectivity index (χ0v) is 9.76. The summed E-state index contributed by atoms with van der Waals surface area (Å²) in [5, 5.41) is 2.38. The Morgan fingerprint density at radius 1 is 1.07 bits per heavy atom. The van der Waals surface area contributed by atoms with Crippen LogP contribution in [0.15, 0.2) is 0 Å². The van der Waals surface area contributed by atoms with Crippen LogP contribution in [0.1, 0.15) is 33.1 Å².